The summed E-state index contributed by atoms with van der Waals surface area (Å²) in [4.78, 5) is 13.3. The maximum atomic E-state index is 11.6. The predicted molar refractivity (Wildman–Crippen MR) is 59.3 cm³/mol. The van der Waals surface area contributed by atoms with Gasteiger partial charge in [0.2, 0.25) is 0 Å². The first-order valence-corrected chi connectivity index (χ1v) is 5.04. The molecular formula is C11H18N2O2. The second kappa shape index (κ2) is 4.49. The highest BCUT2D eigenvalue weighted by Crippen LogP contribution is 2.20. The number of nitrogens with one attached hydrogen (secondary N) is 1. The molecule has 0 spiro atoms. The van der Waals surface area contributed by atoms with Gasteiger partial charge in [-0.1, -0.05) is 13.2 Å². The Balaban J connectivity index is 2.43. The van der Waals surface area contributed by atoms with Crippen LogP contribution >= 0.6 is 0 Å². The molecule has 0 aliphatic carbocycles. The zero-order valence-corrected chi connectivity index (χ0v) is 9.12. The second-order valence-corrected chi connectivity index (χ2v) is 4.14. The lowest BCUT2D eigenvalue weighted by Gasteiger charge is -2.35. The maximum absolute atomic E-state index is 11.6. The molecule has 0 unspecified atom stereocenters. The van der Waals surface area contributed by atoms with Crippen LogP contribution in [0.2, 0.25) is 0 Å². The molecule has 1 fully saturated rings. The molecule has 0 atom stereocenters. The molecule has 2 amide bonds. The van der Waals surface area contributed by atoms with E-state index < -0.39 is 5.60 Å². The summed E-state index contributed by atoms with van der Waals surface area (Å²) < 4.78 is 0. The van der Waals surface area contributed by atoms with E-state index in [0.29, 0.717) is 31.6 Å². The first-order valence-electron chi connectivity index (χ1n) is 5.04. The van der Waals surface area contributed by atoms with Gasteiger partial charge in [0.05, 0.1) is 5.60 Å². The van der Waals surface area contributed by atoms with Crippen molar-refractivity contribution in [2.45, 2.75) is 25.4 Å². The Morgan fingerprint density at radius 3 is 2.53 bits per heavy atom. The molecule has 84 valence electrons. The molecule has 1 saturated heterocycles. The Labute approximate surface area is 90.3 Å². The molecule has 1 aliphatic rings. The number of hydrogen-bond donors (Lipinski definition) is 2. The molecule has 4 nitrogen and oxygen atoms in total. The molecular weight excluding hydrogens is 192 g/mol. The molecule has 1 aliphatic heterocycles. The van der Waals surface area contributed by atoms with Crippen LogP contribution in [0.5, 0.6) is 0 Å². The van der Waals surface area contributed by atoms with Gasteiger partial charge in [0.25, 0.3) is 0 Å². The minimum Gasteiger partial charge on any atom is -0.390 e. The van der Waals surface area contributed by atoms with Crippen molar-refractivity contribution in [3.05, 3.63) is 24.9 Å². The van der Waals surface area contributed by atoms with Gasteiger partial charge in [0.1, 0.15) is 0 Å². The summed E-state index contributed by atoms with van der Waals surface area (Å²) in [5.74, 6) is 0. The highest BCUT2D eigenvalue weighted by molar-refractivity contribution is 5.76. The van der Waals surface area contributed by atoms with Gasteiger partial charge in [-0.2, -0.15) is 0 Å². The van der Waals surface area contributed by atoms with Crippen LogP contribution in [-0.2, 0) is 0 Å². The molecule has 4 heteroatoms. The van der Waals surface area contributed by atoms with E-state index >= 15 is 0 Å². The topological polar surface area (TPSA) is 52.6 Å². The minimum atomic E-state index is -0.633. The van der Waals surface area contributed by atoms with Crippen LogP contribution in [0.3, 0.4) is 0 Å². The third-order valence-corrected chi connectivity index (χ3v) is 2.64. The third kappa shape index (κ3) is 3.40. The number of hydrogen-bond acceptors (Lipinski definition) is 2. The van der Waals surface area contributed by atoms with Crippen molar-refractivity contribution < 1.29 is 9.90 Å². The summed E-state index contributed by atoms with van der Waals surface area (Å²) in [7, 11) is 0. The standard InChI is InChI=1S/C11H18N2O2/c1-4-9(2)12-10(14)13-7-5-11(3,15)6-8-13/h4,15H,1-2,5-8H2,3H3,(H,12,14). The average molecular weight is 210 g/mol. The van der Waals surface area contributed by atoms with Crippen molar-refractivity contribution >= 4 is 6.03 Å². The highest BCUT2D eigenvalue weighted by atomic mass is 16.3. The Bertz CT molecular complexity index is 274. The number of amides is 2. The molecule has 0 aromatic heterocycles. The van der Waals surface area contributed by atoms with Gasteiger partial charge >= 0.3 is 6.03 Å². The number of urea groups is 1. The van der Waals surface area contributed by atoms with E-state index in [1.54, 1.807) is 11.8 Å². The smallest absolute Gasteiger partial charge is 0.321 e. The van der Waals surface area contributed by atoms with Crippen LogP contribution in [0, 0.1) is 0 Å². The second-order valence-electron chi connectivity index (χ2n) is 4.14. The van der Waals surface area contributed by atoms with Crippen molar-refractivity contribution in [1.29, 1.82) is 0 Å². The molecule has 0 radical (unpaired) electrons. The van der Waals surface area contributed by atoms with E-state index in [-0.39, 0.29) is 6.03 Å². The lowest BCUT2D eigenvalue weighted by molar-refractivity contribution is 0.00466. The molecule has 0 bridgehead atoms. The molecule has 0 saturated carbocycles. The number of likely N-dealkylation sites (tertiary alicyclic amines) is 1. The Morgan fingerprint density at radius 1 is 1.53 bits per heavy atom. The molecule has 0 aromatic carbocycles. The number of nitrogens with zero attached hydrogens (tertiary/aromatic N) is 1. The van der Waals surface area contributed by atoms with Crippen molar-refractivity contribution in [3.8, 4) is 0 Å². The van der Waals surface area contributed by atoms with E-state index in [0.717, 1.165) is 0 Å². The van der Waals surface area contributed by atoms with Gasteiger partial charge < -0.3 is 15.3 Å². The number of aliphatic hydroxyl groups is 1. The van der Waals surface area contributed by atoms with Crippen molar-refractivity contribution in [2.24, 2.45) is 0 Å². The van der Waals surface area contributed by atoms with Crippen LogP contribution in [0.1, 0.15) is 19.8 Å². The van der Waals surface area contributed by atoms with Gasteiger partial charge in [0.15, 0.2) is 0 Å². The van der Waals surface area contributed by atoms with Gasteiger partial charge in [-0.15, -0.1) is 0 Å². The van der Waals surface area contributed by atoms with Crippen molar-refractivity contribution in [3.63, 3.8) is 0 Å². The summed E-state index contributed by atoms with van der Waals surface area (Å²) in [6.07, 6.45) is 2.72. The number of allylic oxidation sites excluding steroid dienone is 1. The van der Waals surface area contributed by atoms with E-state index in [1.165, 1.54) is 6.08 Å². The first-order chi connectivity index (χ1) is 6.94. The van der Waals surface area contributed by atoms with Gasteiger partial charge in [0, 0.05) is 18.8 Å². The normalized spacial score (nSPS) is 19.5. The first kappa shape index (κ1) is 11.8. The fourth-order valence-corrected chi connectivity index (χ4v) is 1.46. The zero-order chi connectivity index (χ0) is 11.5. The molecule has 1 heterocycles. The Kier molecular flexibility index (Phi) is 3.52. The summed E-state index contributed by atoms with van der Waals surface area (Å²) in [6, 6.07) is -0.171. The minimum absolute atomic E-state index is 0.171. The quantitative estimate of drug-likeness (QED) is 0.674. The van der Waals surface area contributed by atoms with Gasteiger partial charge in [-0.25, -0.2) is 4.79 Å². The summed E-state index contributed by atoms with van der Waals surface area (Å²) in [5.41, 5.74) is -0.135. The van der Waals surface area contributed by atoms with E-state index in [4.69, 9.17) is 0 Å². The van der Waals surface area contributed by atoms with E-state index in [9.17, 15) is 9.90 Å². The monoisotopic (exact) mass is 210 g/mol. The highest BCUT2D eigenvalue weighted by Gasteiger charge is 2.29. The zero-order valence-electron chi connectivity index (χ0n) is 9.12. The number of rotatable bonds is 2. The number of carbonyl (C=O) groups is 1. The van der Waals surface area contributed by atoms with Crippen LogP contribution in [0.25, 0.3) is 0 Å². The molecule has 0 aromatic rings. The number of piperidine rings is 1. The van der Waals surface area contributed by atoms with Crippen molar-refractivity contribution in [1.82, 2.24) is 10.2 Å². The Hall–Kier alpha value is -1.29. The van der Waals surface area contributed by atoms with Crippen LogP contribution in [-0.4, -0.2) is 34.7 Å². The Morgan fingerprint density at radius 2 is 2.07 bits per heavy atom. The van der Waals surface area contributed by atoms with Crippen molar-refractivity contribution in [2.75, 3.05) is 13.1 Å². The van der Waals surface area contributed by atoms with E-state index in [1.807, 2.05) is 0 Å². The summed E-state index contributed by atoms with van der Waals surface area (Å²) >= 11 is 0. The van der Waals surface area contributed by atoms with Gasteiger partial charge in [-0.3, -0.25) is 0 Å². The number of carbonyl (C=O) groups excluding carboxylic acids is 1. The SMILES string of the molecule is C=CC(=C)NC(=O)N1CCC(C)(O)CC1. The van der Waals surface area contributed by atoms with E-state index in [2.05, 4.69) is 18.5 Å². The van der Waals surface area contributed by atoms with Crippen LogP contribution in [0.4, 0.5) is 4.79 Å². The van der Waals surface area contributed by atoms with Crippen LogP contribution in [0.15, 0.2) is 24.9 Å². The fourth-order valence-electron chi connectivity index (χ4n) is 1.46. The lowest BCUT2D eigenvalue weighted by atomic mass is 9.94. The summed E-state index contributed by atoms with van der Waals surface area (Å²) in [6.45, 7) is 10.1. The van der Waals surface area contributed by atoms with Crippen LogP contribution < -0.4 is 5.32 Å². The fraction of sp³-hybridized carbons (Fsp3) is 0.545. The molecule has 1 rings (SSSR count). The summed E-state index contributed by atoms with van der Waals surface area (Å²) in [5, 5.41) is 12.3. The maximum Gasteiger partial charge on any atom is 0.321 e. The average Bonchev–Trinajstić information content (AvgIpc) is 2.17. The third-order valence-electron chi connectivity index (χ3n) is 2.64. The predicted octanol–water partition coefficient (Wildman–Crippen LogP) is 1.24. The van der Waals surface area contributed by atoms with Gasteiger partial charge in [-0.05, 0) is 25.8 Å². The largest absolute Gasteiger partial charge is 0.390 e. The molecule has 2 N–H and O–H groups in total. The lowest BCUT2D eigenvalue weighted by Crippen LogP contribution is -2.48. The molecule has 15 heavy (non-hydrogen) atoms.